The Balaban J connectivity index is 2.22. The Hall–Kier alpha value is -1.39. The molecule has 0 fully saturated rings. The van der Waals surface area contributed by atoms with Crippen LogP contribution in [0.5, 0.6) is 0 Å². The summed E-state index contributed by atoms with van der Waals surface area (Å²) >= 11 is 6.03. The van der Waals surface area contributed by atoms with Crippen molar-refractivity contribution < 1.29 is 4.39 Å². The molecule has 0 spiro atoms. The van der Waals surface area contributed by atoms with E-state index in [1.54, 1.807) is 6.07 Å². The van der Waals surface area contributed by atoms with Crippen LogP contribution in [0.4, 0.5) is 4.39 Å². The van der Waals surface area contributed by atoms with Crippen molar-refractivity contribution in [3.8, 4) is 0 Å². The van der Waals surface area contributed by atoms with E-state index in [-0.39, 0.29) is 11.9 Å². The third-order valence-corrected chi connectivity index (χ3v) is 3.40. The van der Waals surface area contributed by atoms with E-state index in [0.717, 1.165) is 23.5 Å². The van der Waals surface area contributed by atoms with Gasteiger partial charge in [-0.05, 0) is 37.6 Å². The maximum Gasteiger partial charge on any atom is 0.124 e. The fourth-order valence-electron chi connectivity index (χ4n) is 2.17. The second-order valence-corrected chi connectivity index (χ2v) is 4.98. The van der Waals surface area contributed by atoms with E-state index in [1.807, 2.05) is 24.6 Å². The van der Waals surface area contributed by atoms with Crippen LogP contribution in [-0.2, 0) is 13.0 Å². The lowest BCUT2D eigenvalue weighted by atomic mass is 10.0. The molecule has 102 valence electrons. The van der Waals surface area contributed by atoms with Gasteiger partial charge < -0.3 is 5.73 Å². The molecule has 0 saturated carbocycles. The Morgan fingerprint density at radius 1 is 1.42 bits per heavy atom. The molecule has 0 bridgehead atoms. The summed E-state index contributed by atoms with van der Waals surface area (Å²) in [5.41, 5.74) is 8.95. The van der Waals surface area contributed by atoms with Crippen molar-refractivity contribution in [3.63, 3.8) is 0 Å². The third kappa shape index (κ3) is 3.14. The molecular weight excluding hydrogens is 265 g/mol. The number of nitrogens with zero attached hydrogens (tertiary/aromatic N) is 2. The summed E-state index contributed by atoms with van der Waals surface area (Å²) < 4.78 is 14.9. The Labute approximate surface area is 117 Å². The van der Waals surface area contributed by atoms with Crippen molar-refractivity contribution in [2.24, 2.45) is 5.73 Å². The van der Waals surface area contributed by atoms with Gasteiger partial charge in [0.05, 0.1) is 5.69 Å². The summed E-state index contributed by atoms with van der Waals surface area (Å²) in [5, 5.41) is 4.75. The second-order valence-electron chi connectivity index (χ2n) is 4.57. The minimum Gasteiger partial charge on any atom is -0.324 e. The topological polar surface area (TPSA) is 43.8 Å². The van der Waals surface area contributed by atoms with Gasteiger partial charge >= 0.3 is 0 Å². The normalized spacial score (nSPS) is 12.7. The highest BCUT2D eigenvalue weighted by molar-refractivity contribution is 6.31. The first-order valence-electron chi connectivity index (χ1n) is 6.25. The zero-order valence-corrected chi connectivity index (χ0v) is 11.8. The van der Waals surface area contributed by atoms with Crippen molar-refractivity contribution in [1.82, 2.24) is 9.78 Å². The Kier molecular flexibility index (Phi) is 4.22. The Morgan fingerprint density at radius 3 is 2.79 bits per heavy atom. The number of aryl methyl sites for hydroxylation is 2. The molecule has 0 saturated heterocycles. The third-order valence-electron chi connectivity index (χ3n) is 3.08. The fraction of sp³-hybridized carbons (Fsp3) is 0.357. The van der Waals surface area contributed by atoms with Crippen LogP contribution in [0.25, 0.3) is 0 Å². The zero-order chi connectivity index (χ0) is 14.0. The van der Waals surface area contributed by atoms with E-state index in [4.69, 9.17) is 17.3 Å². The number of halogens is 2. The van der Waals surface area contributed by atoms with Crippen LogP contribution in [-0.4, -0.2) is 9.78 Å². The van der Waals surface area contributed by atoms with E-state index >= 15 is 0 Å². The fourth-order valence-corrected chi connectivity index (χ4v) is 2.48. The Morgan fingerprint density at radius 2 is 2.16 bits per heavy atom. The van der Waals surface area contributed by atoms with E-state index in [9.17, 15) is 4.39 Å². The van der Waals surface area contributed by atoms with E-state index < -0.39 is 0 Å². The van der Waals surface area contributed by atoms with Crippen molar-refractivity contribution >= 4 is 11.6 Å². The molecule has 0 amide bonds. The van der Waals surface area contributed by atoms with Gasteiger partial charge in [0.1, 0.15) is 5.82 Å². The van der Waals surface area contributed by atoms with E-state index in [1.165, 1.54) is 12.1 Å². The predicted molar refractivity (Wildman–Crippen MR) is 74.7 cm³/mol. The van der Waals surface area contributed by atoms with Crippen molar-refractivity contribution in [3.05, 3.63) is 52.1 Å². The van der Waals surface area contributed by atoms with Gasteiger partial charge in [-0.3, -0.25) is 4.68 Å². The molecule has 1 unspecified atom stereocenters. The summed E-state index contributed by atoms with van der Waals surface area (Å²) in [6.07, 6.45) is 0.625. The van der Waals surface area contributed by atoms with Gasteiger partial charge in [0, 0.05) is 29.7 Å². The highest BCUT2D eigenvalue weighted by Gasteiger charge is 2.14. The molecule has 2 N–H and O–H groups in total. The molecule has 1 aromatic heterocycles. The van der Waals surface area contributed by atoms with Gasteiger partial charge in [0.2, 0.25) is 0 Å². The van der Waals surface area contributed by atoms with Gasteiger partial charge in [-0.15, -0.1) is 0 Å². The standard InChI is InChI=1S/C14H17ClFN3/c1-3-19-11(6-9(2)18-19)8-14(17)12-5-4-10(16)7-13(12)15/h4-7,14H,3,8,17H2,1-2H3. The van der Waals surface area contributed by atoms with Gasteiger partial charge in [0.25, 0.3) is 0 Å². The molecule has 0 aliphatic carbocycles. The van der Waals surface area contributed by atoms with Crippen LogP contribution < -0.4 is 5.73 Å². The lowest BCUT2D eigenvalue weighted by molar-refractivity contribution is 0.585. The molecule has 2 rings (SSSR count). The molecule has 19 heavy (non-hydrogen) atoms. The molecule has 5 heteroatoms. The SMILES string of the molecule is CCn1nc(C)cc1CC(N)c1ccc(F)cc1Cl. The number of rotatable bonds is 4. The highest BCUT2D eigenvalue weighted by Crippen LogP contribution is 2.25. The van der Waals surface area contributed by atoms with Gasteiger partial charge in [-0.1, -0.05) is 17.7 Å². The van der Waals surface area contributed by atoms with Gasteiger partial charge in [-0.2, -0.15) is 5.10 Å². The van der Waals surface area contributed by atoms with Crippen molar-refractivity contribution in [2.75, 3.05) is 0 Å². The predicted octanol–water partition coefficient (Wildman–Crippen LogP) is 3.25. The van der Waals surface area contributed by atoms with E-state index in [2.05, 4.69) is 5.10 Å². The average molecular weight is 282 g/mol. The number of aromatic nitrogens is 2. The quantitative estimate of drug-likeness (QED) is 0.935. The van der Waals surface area contributed by atoms with Crippen LogP contribution in [0, 0.1) is 12.7 Å². The summed E-state index contributed by atoms with van der Waals surface area (Å²) in [6, 6.07) is 6.06. The summed E-state index contributed by atoms with van der Waals surface area (Å²) in [5.74, 6) is -0.351. The molecular formula is C14H17ClFN3. The maximum atomic E-state index is 13.0. The van der Waals surface area contributed by atoms with Crippen LogP contribution in [0.1, 0.15) is 29.9 Å². The number of hydrogen-bond acceptors (Lipinski definition) is 2. The van der Waals surface area contributed by atoms with Crippen LogP contribution >= 0.6 is 11.6 Å². The molecule has 1 heterocycles. The van der Waals surface area contributed by atoms with Crippen LogP contribution in [0.15, 0.2) is 24.3 Å². The summed E-state index contributed by atoms with van der Waals surface area (Å²) in [4.78, 5) is 0. The largest absolute Gasteiger partial charge is 0.324 e. The second kappa shape index (κ2) is 5.72. The minimum absolute atomic E-state index is 0.269. The molecule has 1 atom stereocenters. The van der Waals surface area contributed by atoms with E-state index in [0.29, 0.717) is 11.4 Å². The molecule has 0 aliphatic rings. The van der Waals surface area contributed by atoms with Crippen LogP contribution in [0.2, 0.25) is 5.02 Å². The lowest BCUT2D eigenvalue weighted by Gasteiger charge is -2.14. The molecule has 0 aliphatic heterocycles. The smallest absolute Gasteiger partial charge is 0.124 e. The van der Waals surface area contributed by atoms with Crippen LogP contribution in [0.3, 0.4) is 0 Å². The molecule has 0 radical (unpaired) electrons. The van der Waals surface area contributed by atoms with Crippen molar-refractivity contribution in [2.45, 2.75) is 32.9 Å². The van der Waals surface area contributed by atoms with Gasteiger partial charge in [0.15, 0.2) is 0 Å². The zero-order valence-electron chi connectivity index (χ0n) is 11.0. The summed E-state index contributed by atoms with van der Waals surface area (Å²) in [7, 11) is 0. The summed E-state index contributed by atoms with van der Waals surface area (Å²) in [6.45, 7) is 4.78. The number of nitrogens with two attached hydrogens (primary N) is 1. The van der Waals surface area contributed by atoms with Crippen molar-refractivity contribution in [1.29, 1.82) is 0 Å². The number of hydrogen-bond donors (Lipinski definition) is 1. The first kappa shape index (κ1) is 14.0. The monoisotopic (exact) mass is 281 g/mol. The number of benzene rings is 1. The Bertz CT molecular complexity index is 580. The first-order chi connectivity index (χ1) is 9.01. The highest BCUT2D eigenvalue weighted by atomic mass is 35.5. The first-order valence-corrected chi connectivity index (χ1v) is 6.63. The maximum absolute atomic E-state index is 13.0. The van der Waals surface area contributed by atoms with Gasteiger partial charge in [-0.25, -0.2) is 4.39 Å². The average Bonchev–Trinajstić information content (AvgIpc) is 2.69. The molecule has 3 nitrogen and oxygen atoms in total. The molecule has 1 aromatic carbocycles. The molecule has 2 aromatic rings. The lowest BCUT2D eigenvalue weighted by Crippen LogP contribution is -2.16. The minimum atomic E-state index is -0.351.